The minimum atomic E-state index is -0.357. The molecule has 0 unspecified atom stereocenters. The number of amidine groups is 1. The van der Waals surface area contributed by atoms with Gasteiger partial charge >= 0.3 is 5.97 Å². The monoisotopic (exact) mass is 411 g/mol. The molecule has 1 fully saturated rings. The lowest BCUT2D eigenvalue weighted by molar-refractivity contribution is -0.122. The van der Waals surface area contributed by atoms with E-state index < -0.39 is 0 Å². The number of likely N-dealkylation sites (N-methyl/N-ethyl adjacent to an activating group) is 1. The van der Waals surface area contributed by atoms with Crippen LogP contribution >= 0.6 is 11.8 Å². The number of thioether (sulfide) groups is 1. The van der Waals surface area contributed by atoms with E-state index in [2.05, 4.69) is 15.6 Å². The highest BCUT2D eigenvalue weighted by Gasteiger charge is 2.32. The van der Waals surface area contributed by atoms with Gasteiger partial charge in [-0.15, -0.1) is 0 Å². The second kappa shape index (κ2) is 8.69. The van der Waals surface area contributed by atoms with Gasteiger partial charge in [0.15, 0.2) is 5.17 Å². The van der Waals surface area contributed by atoms with Crippen molar-refractivity contribution >= 4 is 34.9 Å². The number of esters is 1. The maximum Gasteiger partial charge on any atom is 0.337 e. The van der Waals surface area contributed by atoms with Crippen molar-refractivity contribution in [2.24, 2.45) is 4.99 Å². The van der Waals surface area contributed by atoms with Crippen LogP contribution in [-0.4, -0.2) is 46.7 Å². The number of nitrogens with zero attached hydrogens (tertiary/aromatic N) is 3. The number of aryl methyl sites for hydroxylation is 1. The van der Waals surface area contributed by atoms with Crippen molar-refractivity contribution in [2.45, 2.75) is 27.7 Å². The highest BCUT2D eigenvalue weighted by molar-refractivity contribution is 8.18. The second-order valence-electron chi connectivity index (χ2n) is 6.62. The predicted octanol–water partition coefficient (Wildman–Crippen LogP) is 4.19. The SMILES string of the molecule is CCN=C1S/C(=C/c2cc(C)n(-c3ccc(C(=O)OC)cc3)c2C)C(=O)N1CC. The smallest absolute Gasteiger partial charge is 0.337 e. The molecule has 0 bridgehead atoms. The van der Waals surface area contributed by atoms with Crippen LogP contribution in [0.15, 0.2) is 40.2 Å². The summed E-state index contributed by atoms with van der Waals surface area (Å²) in [5.41, 5.74) is 4.52. The molecule has 3 rings (SSSR count). The third kappa shape index (κ3) is 4.00. The van der Waals surface area contributed by atoms with E-state index in [1.54, 1.807) is 17.0 Å². The molecule has 7 heteroatoms. The number of carbonyl (C=O) groups excluding carboxylic acids is 2. The molecule has 0 spiro atoms. The van der Waals surface area contributed by atoms with Crippen LogP contribution in [0.5, 0.6) is 0 Å². The first-order chi connectivity index (χ1) is 13.9. The first kappa shape index (κ1) is 20.9. The summed E-state index contributed by atoms with van der Waals surface area (Å²) in [5.74, 6) is -0.360. The van der Waals surface area contributed by atoms with Gasteiger partial charge in [-0.05, 0) is 81.4 Å². The summed E-state index contributed by atoms with van der Waals surface area (Å²) >= 11 is 1.43. The molecule has 0 radical (unpaired) electrons. The largest absolute Gasteiger partial charge is 0.465 e. The number of hydrogen-bond donors (Lipinski definition) is 0. The van der Waals surface area contributed by atoms with E-state index in [-0.39, 0.29) is 11.9 Å². The topological polar surface area (TPSA) is 63.9 Å². The Bertz CT molecular complexity index is 1000. The van der Waals surface area contributed by atoms with Gasteiger partial charge in [-0.2, -0.15) is 0 Å². The first-order valence-corrected chi connectivity index (χ1v) is 10.4. The van der Waals surface area contributed by atoms with Crippen molar-refractivity contribution in [2.75, 3.05) is 20.2 Å². The van der Waals surface area contributed by atoms with Crippen molar-refractivity contribution in [3.8, 4) is 5.69 Å². The zero-order valence-corrected chi connectivity index (χ0v) is 18.2. The van der Waals surface area contributed by atoms with Gasteiger partial charge in [-0.3, -0.25) is 14.7 Å². The lowest BCUT2D eigenvalue weighted by atomic mass is 10.2. The molecule has 0 atom stereocenters. The standard InChI is InChI=1S/C22H25N3O3S/c1-6-23-22-24(7-2)20(26)19(29-22)13-17-12-14(3)25(15(17)4)18-10-8-16(9-11-18)21(27)28-5/h8-13H,6-7H2,1-5H3/b19-13+,23-22?. The fourth-order valence-electron chi connectivity index (χ4n) is 3.38. The number of aromatic nitrogens is 1. The van der Waals surface area contributed by atoms with Crippen LogP contribution in [0.2, 0.25) is 0 Å². The van der Waals surface area contributed by atoms with Crippen molar-refractivity contribution in [1.29, 1.82) is 0 Å². The molecule has 152 valence electrons. The van der Waals surface area contributed by atoms with Crippen molar-refractivity contribution in [3.05, 3.63) is 57.8 Å². The quantitative estimate of drug-likeness (QED) is 0.547. The molecule has 0 N–H and O–H groups in total. The van der Waals surface area contributed by atoms with Crippen molar-refractivity contribution in [1.82, 2.24) is 9.47 Å². The van der Waals surface area contributed by atoms with Crippen LogP contribution in [0.1, 0.15) is 41.2 Å². The van der Waals surface area contributed by atoms with Crippen LogP contribution in [0, 0.1) is 13.8 Å². The summed E-state index contributed by atoms with van der Waals surface area (Å²) in [6, 6.07) is 9.35. The molecular weight excluding hydrogens is 386 g/mol. The highest BCUT2D eigenvalue weighted by atomic mass is 32.2. The highest BCUT2D eigenvalue weighted by Crippen LogP contribution is 2.33. The maximum atomic E-state index is 12.7. The van der Waals surface area contributed by atoms with Crippen molar-refractivity contribution < 1.29 is 14.3 Å². The van der Waals surface area contributed by atoms with E-state index in [0.717, 1.165) is 27.8 Å². The number of hydrogen-bond acceptors (Lipinski definition) is 5. The number of methoxy groups -OCH3 is 1. The Kier molecular flexibility index (Phi) is 6.27. The summed E-state index contributed by atoms with van der Waals surface area (Å²) in [4.78, 5) is 31.2. The molecule has 1 aliphatic rings. The second-order valence-corrected chi connectivity index (χ2v) is 7.63. The zero-order chi connectivity index (χ0) is 21.1. The number of carbonyl (C=O) groups is 2. The fraction of sp³-hybridized carbons (Fsp3) is 0.318. The Morgan fingerprint density at radius 1 is 1.21 bits per heavy atom. The van der Waals surface area contributed by atoms with E-state index in [4.69, 9.17) is 4.74 Å². The number of benzene rings is 1. The average molecular weight is 412 g/mol. The molecule has 0 aliphatic carbocycles. The molecule has 1 amide bonds. The molecule has 1 saturated heterocycles. The minimum absolute atomic E-state index is 0.00284. The fourth-order valence-corrected chi connectivity index (χ4v) is 4.47. The summed E-state index contributed by atoms with van der Waals surface area (Å²) in [6.45, 7) is 9.22. The van der Waals surface area contributed by atoms with Crippen LogP contribution in [0.25, 0.3) is 11.8 Å². The van der Waals surface area contributed by atoms with E-state index in [1.165, 1.54) is 18.9 Å². The van der Waals surface area contributed by atoms with E-state index >= 15 is 0 Å². The van der Waals surface area contributed by atoms with Crippen LogP contribution in [-0.2, 0) is 9.53 Å². The molecule has 1 aromatic carbocycles. The predicted molar refractivity (Wildman–Crippen MR) is 118 cm³/mol. The average Bonchev–Trinajstić information content (AvgIpc) is 3.17. The van der Waals surface area contributed by atoms with Crippen LogP contribution < -0.4 is 0 Å². The minimum Gasteiger partial charge on any atom is -0.465 e. The van der Waals surface area contributed by atoms with Crippen molar-refractivity contribution in [3.63, 3.8) is 0 Å². The Morgan fingerprint density at radius 2 is 1.90 bits per heavy atom. The first-order valence-electron chi connectivity index (χ1n) is 9.54. The lowest BCUT2D eigenvalue weighted by Gasteiger charge is -2.11. The van der Waals surface area contributed by atoms with Gasteiger partial charge in [0.05, 0.1) is 17.6 Å². The van der Waals surface area contributed by atoms with Gasteiger partial charge in [-0.1, -0.05) is 0 Å². The van der Waals surface area contributed by atoms with E-state index in [9.17, 15) is 9.59 Å². The molecule has 2 aromatic rings. The zero-order valence-electron chi connectivity index (χ0n) is 17.4. The molecule has 6 nitrogen and oxygen atoms in total. The lowest BCUT2D eigenvalue weighted by Crippen LogP contribution is -2.28. The van der Waals surface area contributed by atoms with Gasteiger partial charge in [0.2, 0.25) is 0 Å². The van der Waals surface area contributed by atoms with Gasteiger partial charge in [0.1, 0.15) is 0 Å². The Balaban J connectivity index is 1.96. The molecular formula is C22H25N3O3S. The van der Waals surface area contributed by atoms with E-state index in [0.29, 0.717) is 23.6 Å². The number of aliphatic imine (C=N–C) groups is 1. The summed E-state index contributed by atoms with van der Waals surface area (Å²) in [7, 11) is 1.37. The molecule has 1 aliphatic heterocycles. The molecule has 0 saturated carbocycles. The number of rotatable bonds is 5. The van der Waals surface area contributed by atoms with Gasteiger partial charge in [-0.25, -0.2) is 4.79 Å². The maximum absolute atomic E-state index is 12.7. The van der Waals surface area contributed by atoms with Crippen LogP contribution in [0.4, 0.5) is 0 Å². The summed E-state index contributed by atoms with van der Waals surface area (Å²) < 4.78 is 6.87. The summed E-state index contributed by atoms with van der Waals surface area (Å²) in [6.07, 6.45) is 1.94. The van der Waals surface area contributed by atoms with Gasteiger partial charge in [0, 0.05) is 30.2 Å². The summed E-state index contributed by atoms with van der Waals surface area (Å²) in [5, 5.41) is 0.762. The molecule has 2 heterocycles. The third-order valence-electron chi connectivity index (χ3n) is 4.80. The number of amides is 1. The molecule has 29 heavy (non-hydrogen) atoms. The Morgan fingerprint density at radius 3 is 2.48 bits per heavy atom. The Labute approximate surface area is 175 Å². The van der Waals surface area contributed by atoms with Crippen LogP contribution in [0.3, 0.4) is 0 Å². The third-order valence-corrected chi connectivity index (χ3v) is 5.85. The normalized spacial score (nSPS) is 16.9. The molecule has 1 aromatic heterocycles. The van der Waals surface area contributed by atoms with Gasteiger partial charge in [0.25, 0.3) is 5.91 Å². The van der Waals surface area contributed by atoms with E-state index in [1.807, 2.05) is 45.9 Å². The van der Waals surface area contributed by atoms with Gasteiger partial charge < -0.3 is 9.30 Å². The number of ether oxygens (including phenoxy) is 1. The Hall–Kier alpha value is -2.80.